The number of hydrogen-bond donors (Lipinski definition) is 0. The van der Waals surface area contributed by atoms with E-state index in [2.05, 4.69) is 37.2 Å². The summed E-state index contributed by atoms with van der Waals surface area (Å²) in [4.78, 5) is 9.45. The molecule has 0 radical (unpaired) electrons. The SMILES string of the molecule is C=Cc1c(C)c2nc(C(=C)C=CC)cnc2c2ccccc12. The van der Waals surface area contributed by atoms with E-state index in [4.69, 9.17) is 4.98 Å². The molecule has 0 aliphatic carbocycles. The number of allylic oxidation sites excluding steroid dienone is 3. The molecule has 0 N–H and O–H groups in total. The summed E-state index contributed by atoms with van der Waals surface area (Å²) in [6.45, 7) is 12.0. The largest absolute Gasteiger partial charge is 0.252 e. The van der Waals surface area contributed by atoms with Crippen molar-refractivity contribution in [3.8, 4) is 0 Å². The van der Waals surface area contributed by atoms with Crippen molar-refractivity contribution >= 4 is 33.5 Å². The Bertz CT molecular complexity index is 933. The van der Waals surface area contributed by atoms with Gasteiger partial charge in [0.05, 0.1) is 22.9 Å². The molecule has 0 aliphatic heterocycles. The van der Waals surface area contributed by atoms with Crippen LogP contribution in [0.2, 0.25) is 0 Å². The molecule has 3 aromatic rings. The quantitative estimate of drug-likeness (QED) is 0.481. The van der Waals surface area contributed by atoms with E-state index in [0.717, 1.165) is 44.2 Å². The van der Waals surface area contributed by atoms with Gasteiger partial charge in [-0.15, -0.1) is 0 Å². The fourth-order valence-electron chi connectivity index (χ4n) is 2.81. The molecule has 0 spiro atoms. The molecule has 2 heteroatoms. The predicted molar refractivity (Wildman–Crippen MR) is 95.7 cm³/mol. The molecular formula is C20H18N2. The van der Waals surface area contributed by atoms with Gasteiger partial charge < -0.3 is 0 Å². The molecule has 3 rings (SSSR count). The lowest BCUT2D eigenvalue weighted by molar-refractivity contribution is 1.24. The van der Waals surface area contributed by atoms with Gasteiger partial charge in [0.15, 0.2) is 0 Å². The monoisotopic (exact) mass is 286 g/mol. The molecule has 0 fully saturated rings. The second-order valence-corrected chi connectivity index (χ2v) is 5.27. The highest BCUT2D eigenvalue weighted by Crippen LogP contribution is 2.31. The normalized spacial score (nSPS) is 11.4. The zero-order chi connectivity index (χ0) is 15.7. The van der Waals surface area contributed by atoms with Gasteiger partial charge in [0.1, 0.15) is 0 Å². The van der Waals surface area contributed by atoms with Crippen LogP contribution in [0.4, 0.5) is 0 Å². The fraction of sp³-hybridized carbons (Fsp3) is 0.100. The molecule has 0 unspecified atom stereocenters. The van der Waals surface area contributed by atoms with E-state index in [9.17, 15) is 0 Å². The zero-order valence-corrected chi connectivity index (χ0v) is 12.9. The first-order valence-electron chi connectivity index (χ1n) is 7.29. The molecule has 108 valence electrons. The summed E-state index contributed by atoms with van der Waals surface area (Å²) in [6, 6.07) is 8.25. The Kier molecular flexibility index (Phi) is 3.60. The Morgan fingerprint density at radius 1 is 1.14 bits per heavy atom. The lowest BCUT2D eigenvalue weighted by Crippen LogP contribution is -1.96. The predicted octanol–water partition coefficient (Wildman–Crippen LogP) is 5.32. The summed E-state index contributed by atoms with van der Waals surface area (Å²) in [5, 5.41) is 2.27. The van der Waals surface area contributed by atoms with Gasteiger partial charge in [0, 0.05) is 5.39 Å². The minimum Gasteiger partial charge on any atom is -0.252 e. The fourth-order valence-corrected chi connectivity index (χ4v) is 2.81. The van der Waals surface area contributed by atoms with Crippen LogP contribution in [0.1, 0.15) is 23.7 Å². The van der Waals surface area contributed by atoms with Gasteiger partial charge in [-0.3, -0.25) is 4.98 Å². The molecule has 0 saturated heterocycles. The van der Waals surface area contributed by atoms with Crippen molar-refractivity contribution in [1.82, 2.24) is 9.97 Å². The molecule has 2 nitrogen and oxygen atoms in total. The van der Waals surface area contributed by atoms with Gasteiger partial charge in [0.25, 0.3) is 0 Å². The summed E-state index contributed by atoms with van der Waals surface area (Å²) in [7, 11) is 0. The maximum Gasteiger partial charge on any atom is 0.0968 e. The highest BCUT2D eigenvalue weighted by Gasteiger charge is 2.12. The molecule has 22 heavy (non-hydrogen) atoms. The highest BCUT2D eigenvalue weighted by molar-refractivity contribution is 6.09. The van der Waals surface area contributed by atoms with Crippen molar-refractivity contribution in [2.75, 3.05) is 0 Å². The first-order chi connectivity index (χ1) is 10.7. The van der Waals surface area contributed by atoms with E-state index < -0.39 is 0 Å². The summed E-state index contributed by atoms with van der Waals surface area (Å²) < 4.78 is 0. The average molecular weight is 286 g/mol. The van der Waals surface area contributed by atoms with Gasteiger partial charge in [-0.1, -0.05) is 55.7 Å². The summed E-state index contributed by atoms with van der Waals surface area (Å²) >= 11 is 0. The number of aryl methyl sites for hydroxylation is 1. The molecule has 0 aliphatic rings. The Labute approximate surface area is 130 Å². The van der Waals surface area contributed by atoms with Gasteiger partial charge in [-0.2, -0.15) is 0 Å². The maximum atomic E-state index is 4.79. The third-order valence-electron chi connectivity index (χ3n) is 3.91. The van der Waals surface area contributed by atoms with Crippen LogP contribution in [0.25, 0.3) is 33.5 Å². The molecule has 1 aromatic heterocycles. The first kappa shape index (κ1) is 14.2. The lowest BCUT2D eigenvalue weighted by atomic mass is 9.97. The topological polar surface area (TPSA) is 25.8 Å². The molecule has 0 atom stereocenters. The van der Waals surface area contributed by atoms with Crippen molar-refractivity contribution in [1.29, 1.82) is 0 Å². The summed E-state index contributed by atoms with van der Waals surface area (Å²) in [6.07, 6.45) is 7.59. The highest BCUT2D eigenvalue weighted by atomic mass is 14.8. The van der Waals surface area contributed by atoms with Crippen molar-refractivity contribution in [2.45, 2.75) is 13.8 Å². The molecule has 0 amide bonds. The number of nitrogens with zero attached hydrogens (tertiary/aromatic N) is 2. The Balaban J connectivity index is 2.42. The average Bonchev–Trinajstić information content (AvgIpc) is 2.55. The standard InChI is InChI=1S/C20H18N2/c1-5-9-13(3)18-12-21-20-17-11-8-7-10-16(17)15(6-2)14(4)19(20)22-18/h5-12H,2-3H2,1,4H3. The number of benzene rings is 2. The molecule has 0 bridgehead atoms. The Hall–Kier alpha value is -2.74. The van der Waals surface area contributed by atoms with Crippen LogP contribution in [0.5, 0.6) is 0 Å². The van der Waals surface area contributed by atoms with E-state index in [1.165, 1.54) is 0 Å². The Morgan fingerprint density at radius 2 is 1.86 bits per heavy atom. The van der Waals surface area contributed by atoms with Crippen molar-refractivity contribution in [2.24, 2.45) is 0 Å². The zero-order valence-electron chi connectivity index (χ0n) is 12.9. The number of rotatable bonds is 3. The van der Waals surface area contributed by atoms with Crippen molar-refractivity contribution in [3.63, 3.8) is 0 Å². The van der Waals surface area contributed by atoms with Crippen LogP contribution >= 0.6 is 0 Å². The minimum absolute atomic E-state index is 0.805. The minimum atomic E-state index is 0.805. The van der Waals surface area contributed by atoms with Crippen molar-refractivity contribution < 1.29 is 0 Å². The van der Waals surface area contributed by atoms with E-state index in [0.29, 0.717) is 0 Å². The molecular weight excluding hydrogens is 268 g/mol. The van der Waals surface area contributed by atoms with Crippen molar-refractivity contribution in [3.05, 3.63) is 72.6 Å². The first-order valence-corrected chi connectivity index (χ1v) is 7.29. The third kappa shape index (κ3) is 2.13. The van der Waals surface area contributed by atoms with Crippen LogP contribution < -0.4 is 0 Å². The van der Waals surface area contributed by atoms with E-state index in [-0.39, 0.29) is 0 Å². The van der Waals surface area contributed by atoms with E-state index in [1.54, 1.807) is 6.20 Å². The second kappa shape index (κ2) is 5.57. The molecule has 2 aromatic carbocycles. The smallest absolute Gasteiger partial charge is 0.0968 e. The number of aromatic nitrogens is 2. The van der Waals surface area contributed by atoms with Crippen LogP contribution in [0.15, 0.2) is 55.8 Å². The maximum absolute atomic E-state index is 4.79. The lowest BCUT2D eigenvalue weighted by Gasteiger charge is -2.12. The molecule has 1 heterocycles. The van der Waals surface area contributed by atoms with Gasteiger partial charge in [-0.25, -0.2) is 4.98 Å². The summed E-state index contributed by atoms with van der Waals surface area (Å²) in [5.74, 6) is 0. The van der Waals surface area contributed by atoms with E-state index in [1.807, 2.05) is 37.3 Å². The van der Waals surface area contributed by atoms with Crippen LogP contribution in [-0.4, -0.2) is 9.97 Å². The van der Waals surface area contributed by atoms with E-state index >= 15 is 0 Å². The van der Waals surface area contributed by atoms with Gasteiger partial charge in [-0.05, 0) is 35.9 Å². The van der Waals surface area contributed by atoms with Gasteiger partial charge in [0.2, 0.25) is 0 Å². The van der Waals surface area contributed by atoms with Crippen LogP contribution in [0, 0.1) is 6.92 Å². The van der Waals surface area contributed by atoms with Crippen LogP contribution in [-0.2, 0) is 0 Å². The molecule has 0 saturated carbocycles. The third-order valence-corrected chi connectivity index (χ3v) is 3.91. The number of fused-ring (bicyclic) bond motifs is 3. The Morgan fingerprint density at radius 3 is 2.55 bits per heavy atom. The second-order valence-electron chi connectivity index (χ2n) is 5.27. The van der Waals surface area contributed by atoms with Crippen LogP contribution in [0.3, 0.4) is 0 Å². The number of hydrogen-bond acceptors (Lipinski definition) is 2. The summed E-state index contributed by atoms with van der Waals surface area (Å²) in [5.41, 5.74) is 5.73. The van der Waals surface area contributed by atoms with Gasteiger partial charge >= 0.3 is 0 Å².